The molecule has 2 heterocycles. The van der Waals surface area contributed by atoms with Gasteiger partial charge in [-0.3, -0.25) is 4.79 Å². The van der Waals surface area contributed by atoms with Crippen LogP contribution in [0.1, 0.15) is 33.5 Å². The zero-order valence-corrected chi connectivity index (χ0v) is 17.7. The first-order valence-corrected chi connectivity index (χ1v) is 10.3. The van der Waals surface area contributed by atoms with E-state index in [1.165, 1.54) is 0 Å². The normalized spacial score (nSPS) is 16.1. The number of amides is 1. The fourth-order valence-corrected chi connectivity index (χ4v) is 3.54. The largest absolute Gasteiger partial charge is 0.484 e. The van der Waals surface area contributed by atoms with Gasteiger partial charge in [0.15, 0.2) is 5.76 Å². The molecule has 1 unspecified atom stereocenters. The van der Waals surface area contributed by atoms with E-state index in [1.54, 1.807) is 41.3 Å². The van der Waals surface area contributed by atoms with Gasteiger partial charge >= 0.3 is 0 Å². The summed E-state index contributed by atoms with van der Waals surface area (Å²) in [6, 6.07) is 20.4. The molecule has 6 nitrogen and oxygen atoms in total. The summed E-state index contributed by atoms with van der Waals surface area (Å²) in [5, 5.41) is 9.14. The summed E-state index contributed by atoms with van der Waals surface area (Å²) in [6.07, 6.45) is -0.170. The van der Waals surface area contributed by atoms with Crippen LogP contribution in [0.3, 0.4) is 0 Å². The van der Waals surface area contributed by atoms with Crippen LogP contribution in [0.4, 0.5) is 0 Å². The Labute approximate surface area is 182 Å². The van der Waals surface area contributed by atoms with Gasteiger partial charge < -0.3 is 18.8 Å². The second-order valence-electron chi connectivity index (χ2n) is 6.82. The number of rotatable bonds is 5. The molecule has 0 spiro atoms. The Morgan fingerprint density at radius 3 is 2.77 bits per heavy atom. The van der Waals surface area contributed by atoms with Gasteiger partial charge in [0.2, 0.25) is 0 Å². The van der Waals surface area contributed by atoms with Gasteiger partial charge in [0.25, 0.3) is 5.91 Å². The fourth-order valence-electron chi connectivity index (χ4n) is 3.27. The molecule has 4 rings (SSSR count). The first-order valence-electron chi connectivity index (χ1n) is 9.51. The van der Waals surface area contributed by atoms with Crippen LogP contribution in [0, 0.1) is 11.3 Å². The predicted molar refractivity (Wildman–Crippen MR) is 113 cm³/mol. The van der Waals surface area contributed by atoms with Crippen molar-refractivity contribution in [1.82, 2.24) is 4.90 Å². The molecule has 1 amide bonds. The number of benzene rings is 2. The summed E-state index contributed by atoms with van der Waals surface area (Å²) in [5.74, 6) is 1.08. The molecule has 7 heteroatoms. The fraction of sp³-hybridized carbons (Fsp3) is 0.217. The van der Waals surface area contributed by atoms with Crippen LogP contribution in [0.2, 0.25) is 0 Å². The number of ether oxygens (including phenoxy) is 2. The van der Waals surface area contributed by atoms with E-state index in [0.717, 1.165) is 10.0 Å². The van der Waals surface area contributed by atoms with Crippen LogP contribution in [0.25, 0.3) is 0 Å². The maximum absolute atomic E-state index is 12.9. The second kappa shape index (κ2) is 9.16. The van der Waals surface area contributed by atoms with Crippen molar-refractivity contribution in [3.8, 4) is 11.8 Å². The molecule has 0 saturated carbocycles. The molecule has 3 aromatic rings. The van der Waals surface area contributed by atoms with E-state index in [0.29, 0.717) is 36.8 Å². The minimum atomic E-state index is -0.177. The number of carbonyl (C=O) groups excluding carboxylic acids is 1. The molecular weight excluding hydrogens is 448 g/mol. The highest BCUT2D eigenvalue weighted by Gasteiger charge is 2.27. The number of hydrogen-bond acceptors (Lipinski definition) is 5. The molecular formula is C23H19BrN2O4. The molecule has 1 aromatic heterocycles. The van der Waals surface area contributed by atoms with Crippen molar-refractivity contribution in [3.63, 3.8) is 0 Å². The molecule has 1 fully saturated rings. The molecule has 1 aliphatic heterocycles. The first kappa shape index (κ1) is 20.2. The van der Waals surface area contributed by atoms with E-state index in [-0.39, 0.29) is 24.4 Å². The molecule has 0 N–H and O–H groups in total. The highest BCUT2D eigenvalue weighted by Crippen LogP contribution is 2.25. The van der Waals surface area contributed by atoms with E-state index in [1.807, 2.05) is 24.3 Å². The molecule has 0 bridgehead atoms. The lowest BCUT2D eigenvalue weighted by Gasteiger charge is -2.32. The van der Waals surface area contributed by atoms with Gasteiger partial charge in [-0.2, -0.15) is 5.26 Å². The number of furan rings is 1. The number of carbonyl (C=O) groups is 1. The molecule has 2 aromatic carbocycles. The maximum Gasteiger partial charge on any atom is 0.289 e. The van der Waals surface area contributed by atoms with Crippen molar-refractivity contribution >= 4 is 21.8 Å². The van der Waals surface area contributed by atoms with Gasteiger partial charge in [0, 0.05) is 11.0 Å². The third-order valence-electron chi connectivity index (χ3n) is 4.85. The number of para-hydroxylation sites is 1. The van der Waals surface area contributed by atoms with E-state index in [2.05, 4.69) is 22.0 Å². The lowest BCUT2D eigenvalue weighted by molar-refractivity contribution is -0.0238. The SMILES string of the molecule is N#Cc1ccccc1OCc1ccc(C(=O)N2CCOC(c3ccc(Br)cc3)C2)o1. The maximum atomic E-state index is 12.9. The van der Waals surface area contributed by atoms with Gasteiger partial charge in [-0.25, -0.2) is 0 Å². The first-order chi connectivity index (χ1) is 14.6. The number of morpholine rings is 1. The minimum absolute atomic E-state index is 0.136. The van der Waals surface area contributed by atoms with Gasteiger partial charge in [-0.15, -0.1) is 0 Å². The van der Waals surface area contributed by atoms with Crippen molar-refractivity contribution < 1.29 is 18.7 Å². The van der Waals surface area contributed by atoms with Crippen molar-refractivity contribution in [3.05, 3.63) is 87.8 Å². The van der Waals surface area contributed by atoms with Gasteiger partial charge in [0.1, 0.15) is 30.3 Å². The van der Waals surface area contributed by atoms with Crippen molar-refractivity contribution in [2.45, 2.75) is 12.7 Å². The van der Waals surface area contributed by atoms with E-state index in [9.17, 15) is 4.79 Å². The Morgan fingerprint density at radius 1 is 1.17 bits per heavy atom. The lowest BCUT2D eigenvalue weighted by atomic mass is 10.1. The van der Waals surface area contributed by atoms with E-state index in [4.69, 9.17) is 19.2 Å². The third kappa shape index (κ3) is 4.56. The van der Waals surface area contributed by atoms with E-state index < -0.39 is 0 Å². The Bertz CT molecular complexity index is 1070. The van der Waals surface area contributed by atoms with Crippen molar-refractivity contribution in [1.29, 1.82) is 5.26 Å². The van der Waals surface area contributed by atoms with Crippen molar-refractivity contribution in [2.24, 2.45) is 0 Å². The van der Waals surface area contributed by atoms with Crippen LogP contribution in [0.5, 0.6) is 5.75 Å². The Kier molecular flexibility index (Phi) is 6.17. The quantitative estimate of drug-likeness (QED) is 0.544. The van der Waals surface area contributed by atoms with Gasteiger partial charge in [-0.05, 0) is 42.0 Å². The van der Waals surface area contributed by atoms with Crippen LogP contribution < -0.4 is 4.74 Å². The Morgan fingerprint density at radius 2 is 1.97 bits per heavy atom. The summed E-state index contributed by atoms with van der Waals surface area (Å²) < 4.78 is 18.2. The topological polar surface area (TPSA) is 75.7 Å². The average Bonchev–Trinajstić information content (AvgIpc) is 3.27. The zero-order chi connectivity index (χ0) is 20.9. The number of hydrogen-bond donors (Lipinski definition) is 0. The van der Waals surface area contributed by atoms with Gasteiger partial charge in [-0.1, -0.05) is 40.2 Å². The van der Waals surface area contributed by atoms with Crippen LogP contribution in [-0.4, -0.2) is 30.5 Å². The summed E-state index contributed by atoms with van der Waals surface area (Å²) in [4.78, 5) is 14.6. The van der Waals surface area contributed by atoms with Crippen molar-refractivity contribution in [2.75, 3.05) is 19.7 Å². The molecule has 1 saturated heterocycles. The van der Waals surface area contributed by atoms with Gasteiger partial charge in [0.05, 0.1) is 18.7 Å². The third-order valence-corrected chi connectivity index (χ3v) is 5.37. The highest BCUT2D eigenvalue weighted by atomic mass is 79.9. The molecule has 152 valence electrons. The summed E-state index contributed by atoms with van der Waals surface area (Å²) >= 11 is 3.43. The summed E-state index contributed by atoms with van der Waals surface area (Å²) in [5.41, 5.74) is 1.48. The highest BCUT2D eigenvalue weighted by molar-refractivity contribution is 9.10. The predicted octanol–water partition coefficient (Wildman–Crippen LogP) is 4.71. The molecule has 0 radical (unpaired) electrons. The van der Waals surface area contributed by atoms with E-state index >= 15 is 0 Å². The Hall–Kier alpha value is -3.08. The summed E-state index contributed by atoms with van der Waals surface area (Å²) in [6.45, 7) is 1.57. The second-order valence-corrected chi connectivity index (χ2v) is 7.74. The standard InChI is InChI=1S/C23H19BrN2O4/c24-18-7-5-16(6-8-18)22-14-26(11-12-28-22)23(27)21-10-9-19(30-21)15-29-20-4-2-1-3-17(20)13-25/h1-10,22H,11-12,14-15H2. The lowest BCUT2D eigenvalue weighted by Crippen LogP contribution is -2.42. The number of nitrogens with zero attached hydrogens (tertiary/aromatic N) is 2. The van der Waals surface area contributed by atoms with Crippen LogP contribution in [-0.2, 0) is 11.3 Å². The molecule has 30 heavy (non-hydrogen) atoms. The zero-order valence-electron chi connectivity index (χ0n) is 16.1. The monoisotopic (exact) mass is 466 g/mol. The Balaban J connectivity index is 1.39. The summed E-state index contributed by atoms with van der Waals surface area (Å²) in [7, 11) is 0. The minimum Gasteiger partial charge on any atom is -0.484 e. The average molecular weight is 467 g/mol. The number of halogens is 1. The molecule has 0 aliphatic carbocycles. The van der Waals surface area contributed by atoms with Crippen LogP contribution in [0.15, 0.2) is 69.6 Å². The molecule has 1 aliphatic rings. The van der Waals surface area contributed by atoms with Crippen LogP contribution >= 0.6 is 15.9 Å². The number of nitriles is 1. The smallest absolute Gasteiger partial charge is 0.289 e. The molecule has 1 atom stereocenters.